The fourth-order valence-electron chi connectivity index (χ4n) is 2.88. The van der Waals surface area contributed by atoms with Gasteiger partial charge in [-0.25, -0.2) is 9.97 Å². The van der Waals surface area contributed by atoms with Crippen molar-refractivity contribution in [2.24, 2.45) is 11.1 Å². The first-order chi connectivity index (χ1) is 12.7. The smallest absolute Gasteiger partial charge is 0.333 e. The summed E-state index contributed by atoms with van der Waals surface area (Å²) in [6.07, 6.45) is 5.28. The molecule has 27 heavy (non-hydrogen) atoms. The third-order valence-electron chi connectivity index (χ3n) is 4.81. The van der Waals surface area contributed by atoms with Gasteiger partial charge in [0.15, 0.2) is 0 Å². The Morgan fingerprint density at radius 3 is 2.56 bits per heavy atom. The SMILES string of the molecule is CC1(CN)CCN(c2cnc(Sc3cccc(S(=O)(=O)F)c3Cl)cn2)CC1. The van der Waals surface area contributed by atoms with Crippen LogP contribution in [0.2, 0.25) is 5.02 Å². The van der Waals surface area contributed by atoms with Crippen LogP contribution in [0.3, 0.4) is 0 Å². The van der Waals surface area contributed by atoms with Gasteiger partial charge in [0, 0.05) is 18.0 Å². The summed E-state index contributed by atoms with van der Waals surface area (Å²) in [6, 6.07) is 4.17. The molecular weight excluding hydrogens is 411 g/mol. The molecule has 0 amide bonds. The summed E-state index contributed by atoms with van der Waals surface area (Å²) in [5.41, 5.74) is 6.02. The molecular formula is C17H20ClFN4O2S2. The molecule has 0 saturated carbocycles. The monoisotopic (exact) mass is 430 g/mol. The van der Waals surface area contributed by atoms with Gasteiger partial charge in [-0.2, -0.15) is 8.42 Å². The van der Waals surface area contributed by atoms with Gasteiger partial charge in [0.2, 0.25) is 0 Å². The molecule has 1 aromatic heterocycles. The largest absolute Gasteiger partial charge is 0.355 e. The lowest BCUT2D eigenvalue weighted by Crippen LogP contribution is -2.42. The predicted octanol–water partition coefficient (Wildman–Crippen LogP) is 3.50. The van der Waals surface area contributed by atoms with Gasteiger partial charge in [0.1, 0.15) is 15.7 Å². The van der Waals surface area contributed by atoms with E-state index in [0.29, 0.717) is 16.5 Å². The lowest BCUT2D eigenvalue weighted by Gasteiger charge is -2.39. The number of piperidine rings is 1. The summed E-state index contributed by atoms with van der Waals surface area (Å²) in [5, 5.41) is 0.380. The number of hydrogen-bond donors (Lipinski definition) is 1. The van der Waals surface area contributed by atoms with E-state index in [9.17, 15) is 12.3 Å². The van der Waals surface area contributed by atoms with Crippen molar-refractivity contribution in [2.75, 3.05) is 24.5 Å². The van der Waals surface area contributed by atoms with E-state index >= 15 is 0 Å². The van der Waals surface area contributed by atoms with Crippen molar-refractivity contribution in [1.29, 1.82) is 0 Å². The van der Waals surface area contributed by atoms with Crippen LogP contribution in [0.1, 0.15) is 19.8 Å². The molecule has 0 bridgehead atoms. The molecule has 2 heterocycles. The number of benzene rings is 1. The molecule has 146 valence electrons. The second kappa shape index (κ2) is 7.90. The quantitative estimate of drug-likeness (QED) is 0.726. The minimum atomic E-state index is -4.88. The molecule has 1 aromatic carbocycles. The second-order valence-electron chi connectivity index (χ2n) is 6.82. The summed E-state index contributed by atoms with van der Waals surface area (Å²) in [6.45, 7) is 4.62. The van der Waals surface area contributed by atoms with Gasteiger partial charge in [0.05, 0.1) is 17.4 Å². The molecule has 1 aliphatic rings. The van der Waals surface area contributed by atoms with Crippen LogP contribution in [-0.2, 0) is 10.2 Å². The summed E-state index contributed by atoms with van der Waals surface area (Å²) in [5.74, 6) is 0.782. The van der Waals surface area contributed by atoms with Gasteiger partial charge >= 0.3 is 10.2 Å². The zero-order valence-electron chi connectivity index (χ0n) is 14.7. The van der Waals surface area contributed by atoms with Crippen molar-refractivity contribution in [3.05, 3.63) is 35.6 Å². The number of halogens is 2. The van der Waals surface area contributed by atoms with Crippen LogP contribution in [0.15, 0.2) is 45.4 Å². The molecule has 0 aliphatic carbocycles. The van der Waals surface area contributed by atoms with Crippen LogP contribution < -0.4 is 10.6 Å². The Morgan fingerprint density at radius 2 is 2.00 bits per heavy atom. The van der Waals surface area contributed by atoms with Gasteiger partial charge in [-0.1, -0.05) is 36.4 Å². The highest BCUT2D eigenvalue weighted by Gasteiger charge is 2.29. The second-order valence-corrected chi connectivity index (χ2v) is 9.58. The van der Waals surface area contributed by atoms with Gasteiger partial charge in [-0.05, 0) is 36.9 Å². The van der Waals surface area contributed by atoms with Crippen molar-refractivity contribution in [3.8, 4) is 0 Å². The fourth-order valence-corrected chi connectivity index (χ4v) is 4.81. The highest BCUT2D eigenvalue weighted by molar-refractivity contribution is 7.99. The lowest BCUT2D eigenvalue weighted by atomic mass is 9.80. The molecule has 0 radical (unpaired) electrons. The van der Waals surface area contributed by atoms with E-state index < -0.39 is 15.1 Å². The third kappa shape index (κ3) is 4.71. The highest BCUT2D eigenvalue weighted by Crippen LogP contribution is 2.37. The number of hydrogen-bond acceptors (Lipinski definition) is 7. The number of rotatable bonds is 5. The molecule has 10 heteroatoms. The standard InChI is InChI=1S/C17H20ClFN4O2S2/c1-17(11-20)5-7-23(8-6-17)14-9-22-15(10-21-14)26-12-3-2-4-13(16(12)18)27(19,24)25/h2-4,9-10H,5-8,11,20H2,1H3. The van der Waals surface area contributed by atoms with Crippen LogP contribution in [0.4, 0.5) is 9.70 Å². The Morgan fingerprint density at radius 1 is 1.30 bits per heavy atom. The molecule has 1 fully saturated rings. The molecule has 2 aromatic rings. The van der Waals surface area contributed by atoms with E-state index in [0.717, 1.165) is 49.6 Å². The molecule has 0 atom stereocenters. The maximum atomic E-state index is 13.3. The number of nitrogens with two attached hydrogens (primary N) is 1. The van der Waals surface area contributed by atoms with Gasteiger partial charge in [0.25, 0.3) is 0 Å². The molecule has 2 N–H and O–H groups in total. The van der Waals surface area contributed by atoms with Crippen molar-refractivity contribution in [3.63, 3.8) is 0 Å². The molecule has 3 rings (SSSR count). The Kier molecular flexibility index (Phi) is 5.95. The maximum absolute atomic E-state index is 13.3. The maximum Gasteiger partial charge on any atom is 0.333 e. The van der Waals surface area contributed by atoms with Gasteiger partial charge < -0.3 is 10.6 Å². The predicted molar refractivity (Wildman–Crippen MR) is 105 cm³/mol. The van der Waals surface area contributed by atoms with Crippen LogP contribution in [0.5, 0.6) is 0 Å². The first kappa shape index (κ1) is 20.3. The van der Waals surface area contributed by atoms with Crippen molar-refractivity contribution in [1.82, 2.24) is 9.97 Å². The lowest BCUT2D eigenvalue weighted by molar-refractivity contribution is 0.258. The van der Waals surface area contributed by atoms with Gasteiger partial charge in [-0.15, -0.1) is 3.89 Å². The third-order valence-corrected chi connectivity index (χ3v) is 7.28. The minimum absolute atomic E-state index is 0.159. The zero-order chi connectivity index (χ0) is 19.7. The molecule has 6 nitrogen and oxygen atoms in total. The zero-order valence-corrected chi connectivity index (χ0v) is 17.1. The topological polar surface area (TPSA) is 89.2 Å². The summed E-state index contributed by atoms with van der Waals surface area (Å²) >= 11 is 7.16. The highest BCUT2D eigenvalue weighted by atomic mass is 35.5. The average molecular weight is 431 g/mol. The molecule has 0 spiro atoms. The Hall–Kier alpha value is -1.42. The average Bonchev–Trinajstić information content (AvgIpc) is 2.64. The molecule has 1 aliphatic heterocycles. The van der Waals surface area contributed by atoms with Crippen molar-refractivity contribution in [2.45, 2.75) is 34.6 Å². The molecule has 1 saturated heterocycles. The van der Waals surface area contributed by atoms with Crippen molar-refractivity contribution >= 4 is 39.4 Å². The number of nitrogens with zero attached hydrogens (tertiary/aromatic N) is 3. The van der Waals surface area contributed by atoms with Crippen LogP contribution in [-0.4, -0.2) is 38.0 Å². The normalized spacial score (nSPS) is 17.1. The number of anilines is 1. The van der Waals surface area contributed by atoms with Gasteiger partial charge in [-0.3, -0.25) is 0 Å². The first-order valence-corrected chi connectivity index (χ1v) is 11.0. The van der Waals surface area contributed by atoms with E-state index in [-0.39, 0.29) is 10.4 Å². The Bertz CT molecular complexity index is 917. The minimum Gasteiger partial charge on any atom is -0.355 e. The summed E-state index contributed by atoms with van der Waals surface area (Å²) < 4.78 is 35.6. The summed E-state index contributed by atoms with van der Waals surface area (Å²) in [4.78, 5) is 10.8. The fraction of sp³-hybridized carbons (Fsp3) is 0.412. The van der Waals surface area contributed by atoms with Crippen LogP contribution >= 0.6 is 23.4 Å². The van der Waals surface area contributed by atoms with Crippen molar-refractivity contribution < 1.29 is 12.3 Å². The molecule has 0 unspecified atom stereocenters. The van der Waals surface area contributed by atoms with E-state index in [1.54, 1.807) is 18.5 Å². The van der Waals surface area contributed by atoms with E-state index in [1.807, 2.05) is 0 Å². The Labute approximate surface area is 167 Å². The Balaban J connectivity index is 1.72. The van der Waals surface area contributed by atoms with E-state index in [1.165, 1.54) is 6.07 Å². The van der Waals surface area contributed by atoms with E-state index in [4.69, 9.17) is 17.3 Å². The summed E-state index contributed by atoms with van der Waals surface area (Å²) in [7, 11) is -4.88. The van der Waals surface area contributed by atoms with Crippen LogP contribution in [0, 0.1) is 5.41 Å². The number of aromatic nitrogens is 2. The van der Waals surface area contributed by atoms with E-state index in [2.05, 4.69) is 21.8 Å². The first-order valence-electron chi connectivity index (χ1n) is 8.40. The van der Waals surface area contributed by atoms with Crippen LogP contribution in [0.25, 0.3) is 0 Å².